The lowest BCUT2D eigenvalue weighted by Crippen LogP contribution is -2.12. The molecule has 5 nitrogen and oxygen atoms in total. The van der Waals surface area contributed by atoms with Crippen molar-refractivity contribution in [3.8, 4) is 0 Å². The predicted molar refractivity (Wildman–Crippen MR) is 108 cm³/mol. The first-order valence-electron chi connectivity index (χ1n) is 9.32. The van der Waals surface area contributed by atoms with Crippen LogP contribution in [0.15, 0.2) is 42.5 Å². The third-order valence-electron chi connectivity index (χ3n) is 5.16. The van der Waals surface area contributed by atoms with Crippen molar-refractivity contribution in [3.05, 3.63) is 59.3 Å². The Balaban J connectivity index is 1.56. The van der Waals surface area contributed by atoms with Crippen LogP contribution >= 0.6 is 0 Å². The number of carbonyl (C=O) groups excluding carboxylic acids is 2. The second-order valence-corrected chi connectivity index (χ2v) is 7.40. The number of carbonyl (C=O) groups is 2. The summed E-state index contributed by atoms with van der Waals surface area (Å²) in [7, 11) is 0. The van der Waals surface area contributed by atoms with Gasteiger partial charge >= 0.3 is 0 Å². The van der Waals surface area contributed by atoms with E-state index in [0.717, 1.165) is 23.7 Å². The molecule has 5 heteroatoms. The molecule has 2 aromatic carbocycles. The number of H-pyrrole nitrogens is 1. The van der Waals surface area contributed by atoms with Crippen LogP contribution in [0, 0.1) is 5.92 Å². The number of aromatic nitrogens is 1. The molecular formula is C22H23N3O2. The monoisotopic (exact) mass is 361 g/mol. The van der Waals surface area contributed by atoms with E-state index in [1.165, 1.54) is 24.6 Å². The normalized spacial score (nSPS) is 16.0. The molecule has 3 N–H and O–H groups in total. The van der Waals surface area contributed by atoms with Crippen molar-refractivity contribution in [2.45, 2.75) is 33.1 Å². The minimum atomic E-state index is -0.136. The third kappa shape index (κ3) is 3.58. The van der Waals surface area contributed by atoms with Gasteiger partial charge in [0.1, 0.15) is 0 Å². The van der Waals surface area contributed by atoms with Crippen molar-refractivity contribution < 1.29 is 9.59 Å². The molecule has 1 aliphatic carbocycles. The highest BCUT2D eigenvalue weighted by atomic mass is 16.2. The minimum absolute atomic E-state index is 0.121. The van der Waals surface area contributed by atoms with Gasteiger partial charge in [-0.3, -0.25) is 9.59 Å². The van der Waals surface area contributed by atoms with Crippen LogP contribution in [0.2, 0.25) is 0 Å². The molecule has 0 saturated heterocycles. The highest BCUT2D eigenvalue weighted by Crippen LogP contribution is 2.32. The fraction of sp³-hybridized carbons (Fsp3) is 0.273. The summed E-state index contributed by atoms with van der Waals surface area (Å²) in [4.78, 5) is 27.3. The highest BCUT2D eigenvalue weighted by molar-refractivity contribution is 6.06. The molecule has 1 aromatic heterocycles. The van der Waals surface area contributed by atoms with E-state index in [2.05, 4.69) is 22.5 Å². The largest absolute Gasteiger partial charge is 0.358 e. The van der Waals surface area contributed by atoms with E-state index in [0.29, 0.717) is 22.9 Å². The van der Waals surface area contributed by atoms with Crippen LogP contribution < -0.4 is 10.6 Å². The van der Waals surface area contributed by atoms with Gasteiger partial charge in [-0.15, -0.1) is 0 Å². The van der Waals surface area contributed by atoms with E-state index < -0.39 is 0 Å². The molecule has 0 spiro atoms. The Hall–Kier alpha value is -3.08. The van der Waals surface area contributed by atoms with Gasteiger partial charge in [0.25, 0.3) is 5.91 Å². The number of benzene rings is 2. The Labute approximate surface area is 158 Å². The SMILES string of the molecule is CC(=O)Nc1ccc(NC(=O)c2ccc3[nH]c4c(c3c2)C[C@H](C)CC4)cc1. The lowest BCUT2D eigenvalue weighted by Gasteiger charge is -2.18. The van der Waals surface area contributed by atoms with Crippen molar-refractivity contribution in [1.82, 2.24) is 4.98 Å². The zero-order valence-corrected chi connectivity index (χ0v) is 15.6. The molecule has 1 atom stereocenters. The average Bonchev–Trinajstić information content (AvgIpc) is 3.00. The summed E-state index contributed by atoms with van der Waals surface area (Å²) in [5.41, 5.74) is 5.82. The molecule has 0 bridgehead atoms. The molecule has 1 heterocycles. The topological polar surface area (TPSA) is 74.0 Å². The number of hydrogen-bond acceptors (Lipinski definition) is 2. The molecule has 138 valence electrons. The lowest BCUT2D eigenvalue weighted by molar-refractivity contribution is -0.114. The van der Waals surface area contributed by atoms with Crippen LogP contribution in [0.4, 0.5) is 11.4 Å². The van der Waals surface area contributed by atoms with Crippen LogP contribution in [-0.2, 0) is 17.6 Å². The van der Waals surface area contributed by atoms with Crippen LogP contribution in [0.3, 0.4) is 0 Å². The second kappa shape index (κ2) is 6.91. The lowest BCUT2D eigenvalue weighted by atomic mass is 9.87. The zero-order valence-electron chi connectivity index (χ0n) is 15.6. The maximum Gasteiger partial charge on any atom is 0.255 e. The first-order valence-corrected chi connectivity index (χ1v) is 9.32. The molecule has 1 aliphatic rings. The van der Waals surface area contributed by atoms with Crippen molar-refractivity contribution in [1.29, 1.82) is 0 Å². The maximum atomic E-state index is 12.7. The van der Waals surface area contributed by atoms with Crippen LogP contribution in [0.1, 0.15) is 41.9 Å². The summed E-state index contributed by atoms with van der Waals surface area (Å²) < 4.78 is 0. The Morgan fingerprint density at radius 1 is 1.04 bits per heavy atom. The Morgan fingerprint density at radius 3 is 2.44 bits per heavy atom. The van der Waals surface area contributed by atoms with Crippen molar-refractivity contribution in [2.75, 3.05) is 10.6 Å². The predicted octanol–water partition coefficient (Wildman–Crippen LogP) is 4.50. The second-order valence-electron chi connectivity index (χ2n) is 7.40. The average molecular weight is 361 g/mol. The molecule has 0 unspecified atom stereocenters. The molecule has 2 amide bonds. The molecule has 0 saturated carbocycles. The Morgan fingerprint density at radius 2 is 1.74 bits per heavy atom. The molecular weight excluding hydrogens is 338 g/mol. The van der Waals surface area contributed by atoms with Crippen molar-refractivity contribution in [3.63, 3.8) is 0 Å². The van der Waals surface area contributed by atoms with E-state index in [9.17, 15) is 9.59 Å². The number of anilines is 2. The maximum absolute atomic E-state index is 12.7. The number of fused-ring (bicyclic) bond motifs is 3. The zero-order chi connectivity index (χ0) is 19.0. The first-order chi connectivity index (χ1) is 13.0. The van der Waals surface area contributed by atoms with E-state index >= 15 is 0 Å². The molecule has 4 rings (SSSR count). The number of hydrogen-bond donors (Lipinski definition) is 3. The molecule has 0 radical (unpaired) electrons. The Bertz CT molecular complexity index is 1020. The Kier molecular flexibility index (Phi) is 4.44. The summed E-state index contributed by atoms with van der Waals surface area (Å²) in [5.74, 6) is 0.420. The fourth-order valence-electron chi connectivity index (χ4n) is 3.78. The standard InChI is InChI=1S/C22H23N3O2/c1-13-3-9-20-18(11-13)19-12-15(4-10-21(19)25-20)22(27)24-17-7-5-16(6-8-17)23-14(2)26/h4-8,10,12-13,25H,3,9,11H2,1-2H3,(H,23,26)(H,24,27)/t13-/m1/s1. The van der Waals surface area contributed by atoms with Crippen molar-refractivity contribution >= 4 is 34.1 Å². The van der Waals surface area contributed by atoms with E-state index in [1.54, 1.807) is 24.3 Å². The number of aromatic amines is 1. The molecule has 0 aliphatic heterocycles. The summed E-state index contributed by atoms with van der Waals surface area (Å²) in [6, 6.07) is 12.9. The minimum Gasteiger partial charge on any atom is -0.358 e. The van der Waals surface area contributed by atoms with Crippen molar-refractivity contribution in [2.24, 2.45) is 5.92 Å². The fourth-order valence-corrected chi connectivity index (χ4v) is 3.78. The first kappa shape index (κ1) is 17.3. The van der Waals surface area contributed by atoms with Crippen LogP contribution in [0.25, 0.3) is 10.9 Å². The quantitative estimate of drug-likeness (QED) is 0.642. The molecule has 0 fully saturated rings. The highest BCUT2D eigenvalue weighted by Gasteiger charge is 2.20. The number of aryl methyl sites for hydroxylation is 1. The van der Waals surface area contributed by atoms with Gasteiger partial charge in [-0.25, -0.2) is 0 Å². The van der Waals surface area contributed by atoms with Gasteiger partial charge < -0.3 is 15.6 Å². The van der Waals surface area contributed by atoms with Crippen LogP contribution in [-0.4, -0.2) is 16.8 Å². The van der Waals surface area contributed by atoms with Gasteiger partial charge in [0, 0.05) is 40.5 Å². The summed E-state index contributed by atoms with van der Waals surface area (Å²) in [6.07, 6.45) is 3.35. The molecule has 27 heavy (non-hydrogen) atoms. The number of nitrogens with one attached hydrogen (secondary N) is 3. The number of rotatable bonds is 3. The van der Waals surface area contributed by atoms with E-state index in [1.807, 2.05) is 18.2 Å². The molecule has 3 aromatic rings. The summed E-state index contributed by atoms with van der Waals surface area (Å²) in [6.45, 7) is 3.75. The summed E-state index contributed by atoms with van der Waals surface area (Å²) >= 11 is 0. The third-order valence-corrected chi connectivity index (χ3v) is 5.16. The van der Waals surface area contributed by atoms with Gasteiger partial charge in [-0.05, 0) is 73.2 Å². The van der Waals surface area contributed by atoms with E-state index in [-0.39, 0.29) is 11.8 Å². The van der Waals surface area contributed by atoms with Gasteiger partial charge in [0.05, 0.1) is 0 Å². The number of amides is 2. The van der Waals surface area contributed by atoms with Gasteiger partial charge in [0.15, 0.2) is 0 Å². The van der Waals surface area contributed by atoms with Crippen LogP contribution in [0.5, 0.6) is 0 Å². The van der Waals surface area contributed by atoms with Gasteiger partial charge in [-0.2, -0.15) is 0 Å². The smallest absolute Gasteiger partial charge is 0.255 e. The van der Waals surface area contributed by atoms with Gasteiger partial charge in [0.2, 0.25) is 5.91 Å². The summed E-state index contributed by atoms with van der Waals surface area (Å²) in [5, 5.41) is 6.79. The van der Waals surface area contributed by atoms with Gasteiger partial charge in [-0.1, -0.05) is 6.92 Å². The van der Waals surface area contributed by atoms with E-state index in [4.69, 9.17) is 0 Å².